The van der Waals surface area contributed by atoms with Gasteiger partial charge < -0.3 is 9.64 Å². The molecule has 0 radical (unpaired) electrons. The molecule has 2 rings (SSSR count). The standard InChI is InChI=1S/C12H17NO2S2/c1-13(7-9-2-4-15-5-3-9)12(14)11-6-10(16)8-17-11/h6,8-9,16H,2-5,7H2,1H3. The maximum absolute atomic E-state index is 12.1. The van der Waals surface area contributed by atoms with Crippen LogP contribution in [0.1, 0.15) is 22.5 Å². The molecular formula is C12H17NO2S2. The van der Waals surface area contributed by atoms with Crippen LogP contribution in [0.15, 0.2) is 16.3 Å². The second-order valence-corrected chi connectivity index (χ2v) is 5.84. The lowest BCUT2D eigenvalue weighted by Gasteiger charge is -2.26. The number of hydrogen-bond acceptors (Lipinski definition) is 4. The highest BCUT2D eigenvalue weighted by Gasteiger charge is 2.20. The minimum atomic E-state index is 0.0989. The zero-order valence-electron chi connectivity index (χ0n) is 9.89. The summed E-state index contributed by atoms with van der Waals surface area (Å²) in [5.41, 5.74) is 0. The lowest BCUT2D eigenvalue weighted by molar-refractivity contribution is 0.0499. The summed E-state index contributed by atoms with van der Waals surface area (Å²) in [5, 5.41) is 1.89. The number of thiophene rings is 1. The van der Waals surface area contributed by atoms with E-state index < -0.39 is 0 Å². The molecule has 0 aliphatic carbocycles. The molecule has 0 spiro atoms. The minimum absolute atomic E-state index is 0.0989. The first-order chi connectivity index (χ1) is 8.16. The van der Waals surface area contributed by atoms with Gasteiger partial charge in [-0.1, -0.05) is 0 Å². The molecule has 0 aromatic carbocycles. The fourth-order valence-electron chi connectivity index (χ4n) is 2.03. The monoisotopic (exact) mass is 271 g/mol. The Kier molecular flexibility index (Phi) is 4.48. The Balaban J connectivity index is 1.90. The predicted octanol–water partition coefficient (Wildman–Crippen LogP) is 2.54. The van der Waals surface area contributed by atoms with E-state index in [1.807, 2.05) is 23.4 Å². The van der Waals surface area contributed by atoms with E-state index in [2.05, 4.69) is 12.6 Å². The first-order valence-electron chi connectivity index (χ1n) is 5.77. The van der Waals surface area contributed by atoms with Crippen molar-refractivity contribution in [1.82, 2.24) is 4.90 Å². The average molecular weight is 271 g/mol. The fraction of sp³-hybridized carbons (Fsp3) is 0.583. The normalized spacial score (nSPS) is 17.1. The van der Waals surface area contributed by atoms with Crippen molar-refractivity contribution in [2.75, 3.05) is 26.8 Å². The van der Waals surface area contributed by atoms with Crippen LogP contribution < -0.4 is 0 Å². The molecule has 0 saturated carbocycles. The lowest BCUT2D eigenvalue weighted by atomic mass is 10.00. The number of carbonyl (C=O) groups is 1. The van der Waals surface area contributed by atoms with Gasteiger partial charge in [-0.2, -0.15) is 0 Å². The highest BCUT2D eigenvalue weighted by molar-refractivity contribution is 7.80. The summed E-state index contributed by atoms with van der Waals surface area (Å²) in [7, 11) is 1.87. The Morgan fingerprint density at radius 2 is 2.29 bits per heavy atom. The van der Waals surface area contributed by atoms with E-state index in [0.717, 1.165) is 42.4 Å². The van der Waals surface area contributed by atoms with Crippen molar-refractivity contribution in [2.24, 2.45) is 5.92 Å². The van der Waals surface area contributed by atoms with Crippen LogP contribution in [0.3, 0.4) is 0 Å². The van der Waals surface area contributed by atoms with E-state index in [1.165, 1.54) is 11.3 Å². The number of rotatable bonds is 3. The van der Waals surface area contributed by atoms with E-state index in [9.17, 15) is 4.79 Å². The Morgan fingerprint density at radius 3 is 2.88 bits per heavy atom. The SMILES string of the molecule is CN(CC1CCOCC1)C(=O)c1cc(S)cs1. The van der Waals surface area contributed by atoms with E-state index in [-0.39, 0.29) is 5.91 Å². The van der Waals surface area contributed by atoms with Gasteiger partial charge in [0.2, 0.25) is 0 Å². The van der Waals surface area contributed by atoms with Crippen LogP contribution in [-0.2, 0) is 4.74 Å². The van der Waals surface area contributed by atoms with Crippen molar-refractivity contribution < 1.29 is 9.53 Å². The molecule has 1 aromatic rings. The minimum Gasteiger partial charge on any atom is -0.381 e. The molecule has 94 valence electrons. The lowest BCUT2D eigenvalue weighted by Crippen LogP contribution is -2.33. The quantitative estimate of drug-likeness (QED) is 0.856. The van der Waals surface area contributed by atoms with Gasteiger partial charge in [0, 0.05) is 37.1 Å². The van der Waals surface area contributed by atoms with Gasteiger partial charge in [0.15, 0.2) is 0 Å². The van der Waals surface area contributed by atoms with E-state index in [4.69, 9.17) is 4.74 Å². The van der Waals surface area contributed by atoms with E-state index in [0.29, 0.717) is 5.92 Å². The Labute approximate surface area is 111 Å². The molecule has 0 unspecified atom stereocenters. The van der Waals surface area contributed by atoms with Gasteiger partial charge in [0.25, 0.3) is 5.91 Å². The molecule has 1 saturated heterocycles. The van der Waals surface area contributed by atoms with Crippen LogP contribution in [0.5, 0.6) is 0 Å². The molecule has 1 fully saturated rings. The molecule has 1 aliphatic heterocycles. The summed E-state index contributed by atoms with van der Waals surface area (Å²) in [6.45, 7) is 2.47. The summed E-state index contributed by atoms with van der Waals surface area (Å²) >= 11 is 5.68. The zero-order chi connectivity index (χ0) is 12.3. The average Bonchev–Trinajstić information content (AvgIpc) is 2.76. The van der Waals surface area contributed by atoms with Crippen LogP contribution in [0, 0.1) is 5.92 Å². The van der Waals surface area contributed by atoms with E-state index >= 15 is 0 Å². The summed E-state index contributed by atoms with van der Waals surface area (Å²) < 4.78 is 5.32. The van der Waals surface area contributed by atoms with Crippen molar-refractivity contribution in [2.45, 2.75) is 17.7 Å². The summed E-state index contributed by atoms with van der Waals surface area (Å²) in [5.74, 6) is 0.676. The smallest absolute Gasteiger partial charge is 0.263 e. The molecule has 3 nitrogen and oxygen atoms in total. The van der Waals surface area contributed by atoms with Crippen molar-refractivity contribution >= 4 is 29.9 Å². The molecular weight excluding hydrogens is 254 g/mol. The maximum Gasteiger partial charge on any atom is 0.263 e. The van der Waals surface area contributed by atoms with Gasteiger partial charge in [-0.05, 0) is 24.8 Å². The van der Waals surface area contributed by atoms with Gasteiger partial charge in [-0.3, -0.25) is 4.79 Å². The van der Waals surface area contributed by atoms with Gasteiger partial charge in [0.1, 0.15) is 0 Å². The third-order valence-corrected chi connectivity index (χ3v) is 4.37. The number of amides is 1. The van der Waals surface area contributed by atoms with E-state index in [1.54, 1.807) is 0 Å². The molecule has 0 atom stereocenters. The largest absolute Gasteiger partial charge is 0.381 e. The van der Waals surface area contributed by atoms with Gasteiger partial charge in [-0.25, -0.2) is 0 Å². The molecule has 1 aliphatic rings. The van der Waals surface area contributed by atoms with Gasteiger partial charge in [-0.15, -0.1) is 24.0 Å². The number of nitrogens with zero attached hydrogens (tertiary/aromatic N) is 1. The molecule has 1 aromatic heterocycles. The summed E-state index contributed by atoms with van der Waals surface area (Å²) in [4.78, 5) is 15.5. The third-order valence-electron chi connectivity index (χ3n) is 3.02. The van der Waals surface area contributed by atoms with Crippen molar-refractivity contribution in [3.63, 3.8) is 0 Å². The molecule has 17 heavy (non-hydrogen) atoms. The molecule has 1 amide bonds. The van der Waals surface area contributed by atoms with Crippen LogP contribution in [-0.4, -0.2) is 37.6 Å². The Hall–Kier alpha value is -0.520. The van der Waals surface area contributed by atoms with Gasteiger partial charge in [0.05, 0.1) is 4.88 Å². The van der Waals surface area contributed by atoms with Crippen LogP contribution >= 0.6 is 24.0 Å². The molecule has 5 heteroatoms. The second kappa shape index (κ2) is 5.89. The Bertz CT molecular complexity index is 386. The van der Waals surface area contributed by atoms with Crippen molar-refractivity contribution in [3.8, 4) is 0 Å². The maximum atomic E-state index is 12.1. The topological polar surface area (TPSA) is 29.5 Å². The highest BCUT2D eigenvalue weighted by atomic mass is 32.1. The van der Waals surface area contributed by atoms with Crippen molar-refractivity contribution in [1.29, 1.82) is 0 Å². The van der Waals surface area contributed by atoms with Crippen molar-refractivity contribution in [3.05, 3.63) is 16.3 Å². The number of carbonyl (C=O) groups excluding carboxylic acids is 1. The first-order valence-corrected chi connectivity index (χ1v) is 7.10. The zero-order valence-corrected chi connectivity index (χ0v) is 11.6. The third kappa shape index (κ3) is 3.47. The Morgan fingerprint density at radius 1 is 1.59 bits per heavy atom. The molecule has 0 bridgehead atoms. The van der Waals surface area contributed by atoms with Gasteiger partial charge >= 0.3 is 0 Å². The molecule has 0 N–H and O–H groups in total. The summed E-state index contributed by atoms with van der Waals surface area (Å²) in [6.07, 6.45) is 2.11. The van der Waals surface area contributed by atoms with Crippen LogP contribution in [0.4, 0.5) is 0 Å². The molecule has 2 heterocycles. The van der Waals surface area contributed by atoms with Crippen LogP contribution in [0.2, 0.25) is 0 Å². The van der Waals surface area contributed by atoms with Crippen LogP contribution in [0.25, 0.3) is 0 Å². The summed E-state index contributed by atoms with van der Waals surface area (Å²) in [6, 6.07) is 1.83. The number of hydrogen-bond donors (Lipinski definition) is 1. The first kappa shape index (κ1) is 12.9. The second-order valence-electron chi connectivity index (χ2n) is 4.41. The number of thiol groups is 1. The highest BCUT2D eigenvalue weighted by Crippen LogP contribution is 2.21. The number of ether oxygens (including phenoxy) is 1. The predicted molar refractivity (Wildman–Crippen MR) is 72.1 cm³/mol. The fourth-order valence-corrected chi connectivity index (χ4v) is 3.17.